The van der Waals surface area contributed by atoms with Crippen LogP contribution in [0.2, 0.25) is 0 Å². The Morgan fingerprint density at radius 3 is 2.62 bits per heavy atom. The second-order valence-electron chi connectivity index (χ2n) is 5.06. The number of ketones is 1. The molecule has 0 radical (unpaired) electrons. The third-order valence-electron chi connectivity index (χ3n) is 3.17. The topological polar surface area (TPSA) is 65.8 Å². The Balaban J connectivity index is 2.25. The fraction of sp³-hybridized carbons (Fsp3) is 0.235. The van der Waals surface area contributed by atoms with Crippen molar-refractivity contribution < 1.29 is 4.79 Å². The molecule has 0 amide bonds. The lowest BCUT2D eigenvalue weighted by atomic mass is 10.0. The van der Waals surface area contributed by atoms with Crippen LogP contribution in [0.4, 0.5) is 5.82 Å². The zero-order valence-corrected chi connectivity index (χ0v) is 12.1. The Kier molecular flexibility index (Phi) is 4.68. The van der Waals surface area contributed by atoms with Crippen molar-refractivity contribution in [1.29, 1.82) is 5.26 Å². The molecule has 2 rings (SSSR count). The molecule has 0 aliphatic carbocycles. The summed E-state index contributed by atoms with van der Waals surface area (Å²) in [5.74, 6) is 0.843. The van der Waals surface area contributed by atoms with Crippen LogP contribution in [-0.4, -0.2) is 10.8 Å². The number of rotatable bonds is 5. The van der Waals surface area contributed by atoms with Gasteiger partial charge in [-0.3, -0.25) is 4.79 Å². The first-order valence-corrected chi connectivity index (χ1v) is 6.77. The molecule has 2 aromatic rings. The SMILES string of the molecule is CC(=O)C[C@@H](Nc1cc(C)ccn1)c1ccc(C#N)cc1. The van der Waals surface area contributed by atoms with Crippen molar-refractivity contribution in [2.45, 2.75) is 26.3 Å². The van der Waals surface area contributed by atoms with Gasteiger partial charge in [-0.05, 0) is 49.2 Å². The first kappa shape index (κ1) is 14.7. The highest BCUT2D eigenvalue weighted by Gasteiger charge is 2.14. The Labute approximate surface area is 124 Å². The minimum Gasteiger partial charge on any atom is -0.363 e. The highest BCUT2D eigenvalue weighted by atomic mass is 16.1. The predicted molar refractivity (Wildman–Crippen MR) is 81.8 cm³/mol. The predicted octanol–water partition coefficient (Wildman–Crippen LogP) is 3.39. The third kappa shape index (κ3) is 4.15. The second-order valence-corrected chi connectivity index (χ2v) is 5.06. The molecule has 1 N–H and O–H groups in total. The van der Waals surface area contributed by atoms with Gasteiger partial charge in [-0.2, -0.15) is 5.26 Å². The number of aryl methyl sites for hydroxylation is 1. The third-order valence-corrected chi connectivity index (χ3v) is 3.17. The van der Waals surface area contributed by atoms with Gasteiger partial charge in [0.15, 0.2) is 0 Å². The van der Waals surface area contributed by atoms with E-state index in [1.54, 1.807) is 25.3 Å². The Morgan fingerprint density at radius 1 is 1.33 bits per heavy atom. The van der Waals surface area contributed by atoms with Crippen LogP contribution in [0, 0.1) is 18.3 Å². The number of nitrogens with zero attached hydrogens (tertiary/aromatic N) is 2. The van der Waals surface area contributed by atoms with E-state index in [0.717, 1.165) is 16.9 Å². The quantitative estimate of drug-likeness (QED) is 0.911. The maximum Gasteiger partial charge on any atom is 0.132 e. The summed E-state index contributed by atoms with van der Waals surface area (Å²) >= 11 is 0. The van der Waals surface area contributed by atoms with Gasteiger partial charge in [-0.25, -0.2) is 4.98 Å². The van der Waals surface area contributed by atoms with Crippen molar-refractivity contribution in [3.05, 3.63) is 59.3 Å². The summed E-state index contributed by atoms with van der Waals surface area (Å²) in [5, 5.41) is 12.1. The highest BCUT2D eigenvalue weighted by Crippen LogP contribution is 2.22. The molecule has 0 spiro atoms. The molecule has 1 heterocycles. The van der Waals surface area contributed by atoms with Crippen molar-refractivity contribution >= 4 is 11.6 Å². The molecule has 1 aromatic carbocycles. The number of nitriles is 1. The molecule has 0 fully saturated rings. The lowest BCUT2D eigenvalue weighted by Crippen LogP contribution is -2.15. The Morgan fingerprint density at radius 2 is 2.05 bits per heavy atom. The van der Waals surface area contributed by atoms with Gasteiger partial charge in [0.1, 0.15) is 11.6 Å². The van der Waals surface area contributed by atoms with Crippen LogP contribution in [0.5, 0.6) is 0 Å². The van der Waals surface area contributed by atoms with E-state index in [1.807, 2.05) is 31.2 Å². The molecular formula is C17H17N3O. The van der Waals surface area contributed by atoms with E-state index in [2.05, 4.69) is 16.4 Å². The minimum absolute atomic E-state index is 0.101. The lowest BCUT2D eigenvalue weighted by Gasteiger charge is -2.19. The van der Waals surface area contributed by atoms with Crippen LogP contribution in [0.3, 0.4) is 0 Å². The summed E-state index contributed by atoms with van der Waals surface area (Å²) in [5.41, 5.74) is 2.68. The molecular weight excluding hydrogens is 262 g/mol. The van der Waals surface area contributed by atoms with Crippen molar-refractivity contribution in [2.75, 3.05) is 5.32 Å². The van der Waals surface area contributed by atoms with Crippen molar-refractivity contribution in [3.63, 3.8) is 0 Å². The summed E-state index contributed by atoms with van der Waals surface area (Å²) in [6.45, 7) is 3.57. The zero-order valence-electron chi connectivity index (χ0n) is 12.1. The zero-order chi connectivity index (χ0) is 15.2. The van der Waals surface area contributed by atoms with Gasteiger partial charge in [0, 0.05) is 12.6 Å². The maximum atomic E-state index is 11.5. The second kappa shape index (κ2) is 6.67. The molecule has 0 bridgehead atoms. The van der Waals surface area contributed by atoms with Gasteiger partial charge in [-0.1, -0.05) is 12.1 Å². The first-order chi connectivity index (χ1) is 10.1. The maximum absolute atomic E-state index is 11.5. The van der Waals surface area contributed by atoms with E-state index in [-0.39, 0.29) is 11.8 Å². The van der Waals surface area contributed by atoms with E-state index in [0.29, 0.717) is 12.0 Å². The first-order valence-electron chi connectivity index (χ1n) is 6.77. The van der Waals surface area contributed by atoms with Gasteiger partial charge in [0.05, 0.1) is 17.7 Å². The number of aromatic nitrogens is 1. The number of carbonyl (C=O) groups is 1. The molecule has 4 nitrogen and oxygen atoms in total. The number of pyridine rings is 1. The summed E-state index contributed by atoms with van der Waals surface area (Å²) < 4.78 is 0. The Bertz CT molecular complexity index is 671. The largest absolute Gasteiger partial charge is 0.363 e. The summed E-state index contributed by atoms with van der Waals surface area (Å²) in [6, 6.07) is 13.1. The van der Waals surface area contributed by atoms with Crippen LogP contribution in [0.1, 0.15) is 36.1 Å². The monoisotopic (exact) mass is 279 g/mol. The molecule has 1 atom stereocenters. The minimum atomic E-state index is -0.149. The highest BCUT2D eigenvalue weighted by molar-refractivity contribution is 5.76. The van der Waals surface area contributed by atoms with Gasteiger partial charge < -0.3 is 5.32 Å². The summed E-state index contributed by atoms with van der Waals surface area (Å²) in [7, 11) is 0. The smallest absolute Gasteiger partial charge is 0.132 e. The summed E-state index contributed by atoms with van der Waals surface area (Å²) in [6.07, 6.45) is 2.11. The van der Waals surface area contributed by atoms with Gasteiger partial charge in [0.25, 0.3) is 0 Å². The number of nitrogens with one attached hydrogen (secondary N) is 1. The average molecular weight is 279 g/mol. The molecule has 0 unspecified atom stereocenters. The average Bonchev–Trinajstić information content (AvgIpc) is 2.46. The molecule has 0 aliphatic rings. The van der Waals surface area contributed by atoms with E-state index in [9.17, 15) is 4.79 Å². The number of anilines is 1. The molecule has 4 heteroatoms. The molecule has 0 saturated heterocycles. The van der Waals surface area contributed by atoms with Crippen LogP contribution < -0.4 is 5.32 Å². The van der Waals surface area contributed by atoms with E-state index in [1.165, 1.54) is 0 Å². The number of Topliss-reactive ketones (excluding diaryl/α,β-unsaturated/α-hetero) is 1. The van der Waals surface area contributed by atoms with Crippen LogP contribution in [-0.2, 0) is 4.79 Å². The lowest BCUT2D eigenvalue weighted by molar-refractivity contribution is -0.117. The van der Waals surface area contributed by atoms with Crippen LogP contribution in [0.25, 0.3) is 0 Å². The number of hydrogen-bond acceptors (Lipinski definition) is 4. The number of hydrogen-bond donors (Lipinski definition) is 1. The van der Waals surface area contributed by atoms with E-state index < -0.39 is 0 Å². The van der Waals surface area contributed by atoms with Gasteiger partial charge in [0.2, 0.25) is 0 Å². The van der Waals surface area contributed by atoms with Crippen molar-refractivity contribution in [1.82, 2.24) is 4.98 Å². The van der Waals surface area contributed by atoms with Crippen molar-refractivity contribution in [3.8, 4) is 6.07 Å². The Hall–Kier alpha value is -2.67. The molecule has 0 saturated carbocycles. The number of carbonyl (C=O) groups excluding carboxylic acids is 1. The standard InChI is InChI=1S/C17H17N3O/c1-12-7-8-19-17(9-12)20-16(10-13(2)21)15-5-3-14(11-18)4-6-15/h3-9,16H,10H2,1-2H3,(H,19,20)/t16-/m1/s1. The van der Waals surface area contributed by atoms with E-state index >= 15 is 0 Å². The van der Waals surface area contributed by atoms with Crippen LogP contribution in [0.15, 0.2) is 42.6 Å². The van der Waals surface area contributed by atoms with Crippen molar-refractivity contribution in [2.24, 2.45) is 0 Å². The van der Waals surface area contributed by atoms with Gasteiger partial charge in [-0.15, -0.1) is 0 Å². The van der Waals surface area contributed by atoms with Gasteiger partial charge >= 0.3 is 0 Å². The molecule has 0 aliphatic heterocycles. The summed E-state index contributed by atoms with van der Waals surface area (Å²) in [4.78, 5) is 15.8. The van der Waals surface area contributed by atoms with E-state index in [4.69, 9.17) is 5.26 Å². The molecule has 106 valence electrons. The number of benzene rings is 1. The van der Waals surface area contributed by atoms with Crippen LogP contribution >= 0.6 is 0 Å². The molecule has 21 heavy (non-hydrogen) atoms. The molecule has 1 aromatic heterocycles. The normalized spacial score (nSPS) is 11.5. The fourth-order valence-corrected chi connectivity index (χ4v) is 2.12. The fourth-order valence-electron chi connectivity index (χ4n) is 2.12.